The molecule has 1 atom stereocenters. The molecule has 0 aromatic carbocycles. The van der Waals surface area contributed by atoms with E-state index in [1.165, 1.54) is 21.0 Å². The van der Waals surface area contributed by atoms with Gasteiger partial charge in [-0.1, -0.05) is 0 Å². The van der Waals surface area contributed by atoms with Crippen molar-refractivity contribution in [3.8, 4) is 0 Å². The molecule has 0 aromatic rings. The van der Waals surface area contributed by atoms with Crippen molar-refractivity contribution < 1.29 is 19.7 Å². The summed E-state index contributed by atoms with van der Waals surface area (Å²) in [6.07, 6.45) is -1.47. The molecule has 4 nitrogen and oxygen atoms in total. The van der Waals surface area contributed by atoms with Gasteiger partial charge in [0.2, 0.25) is 0 Å². The van der Waals surface area contributed by atoms with Crippen molar-refractivity contribution in [1.82, 2.24) is 0 Å². The Labute approximate surface area is 59.4 Å². The molecule has 10 heavy (non-hydrogen) atoms. The number of carboxylic acid groups (broad SMARTS) is 1. The number of hydrogen-bond acceptors (Lipinski definition) is 3. The van der Waals surface area contributed by atoms with Gasteiger partial charge in [0.1, 0.15) is 0 Å². The summed E-state index contributed by atoms with van der Waals surface area (Å²) in [6.45, 7) is 3.01. The van der Waals surface area contributed by atoms with Crippen LogP contribution in [0.4, 0.5) is 0 Å². The Balaban J connectivity index is 4.17. The molecule has 0 rings (SSSR count). The van der Waals surface area contributed by atoms with Crippen molar-refractivity contribution in [1.29, 1.82) is 0 Å². The molecule has 0 heterocycles. The molecule has 2 N–H and O–H groups in total. The average Bonchev–Trinajstić information content (AvgIpc) is 1.86. The molecule has 0 aliphatic carbocycles. The molecule has 0 spiro atoms. The van der Waals surface area contributed by atoms with Gasteiger partial charge in [-0.2, -0.15) is 0 Å². The first-order chi connectivity index (χ1) is 4.41. The maximum absolute atomic E-state index is 10.2. The van der Waals surface area contributed by atoms with Crippen LogP contribution in [0.2, 0.25) is 0 Å². The highest BCUT2D eigenvalue weighted by molar-refractivity contribution is 5.73. The molecule has 0 aliphatic heterocycles. The second-order valence-electron chi connectivity index (χ2n) is 2.55. The summed E-state index contributed by atoms with van der Waals surface area (Å²) in [4.78, 5) is 10.2. The maximum atomic E-state index is 10.2. The SMILES string of the molecule is COC(C)(C)C(O)C(=O)O. The first-order valence-electron chi connectivity index (χ1n) is 2.88. The van der Waals surface area contributed by atoms with E-state index < -0.39 is 17.7 Å². The first kappa shape index (κ1) is 9.39. The Kier molecular flexibility index (Phi) is 2.80. The molecule has 0 aliphatic rings. The number of carboxylic acids is 1. The monoisotopic (exact) mass is 148 g/mol. The van der Waals surface area contributed by atoms with E-state index >= 15 is 0 Å². The van der Waals surface area contributed by atoms with Crippen LogP contribution in [-0.4, -0.2) is 35.0 Å². The Morgan fingerprint density at radius 1 is 1.60 bits per heavy atom. The molecule has 0 fully saturated rings. The van der Waals surface area contributed by atoms with Crippen LogP contribution in [-0.2, 0) is 9.53 Å². The fourth-order valence-corrected chi connectivity index (χ4v) is 0.409. The van der Waals surface area contributed by atoms with Crippen LogP contribution >= 0.6 is 0 Å². The topological polar surface area (TPSA) is 66.8 Å². The second-order valence-corrected chi connectivity index (χ2v) is 2.55. The third-order valence-electron chi connectivity index (χ3n) is 1.42. The van der Waals surface area contributed by atoms with Gasteiger partial charge in [-0.25, -0.2) is 4.79 Å². The largest absolute Gasteiger partial charge is 0.479 e. The molecular weight excluding hydrogens is 136 g/mol. The molecule has 4 heteroatoms. The lowest BCUT2D eigenvalue weighted by Gasteiger charge is -2.25. The van der Waals surface area contributed by atoms with Crippen LogP contribution in [0, 0.1) is 0 Å². The van der Waals surface area contributed by atoms with Crippen molar-refractivity contribution in [2.75, 3.05) is 7.11 Å². The van der Waals surface area contributed by atoms with E-state index in [0.29, 0.717) is 0 Å². The lowest BCUT2D eigenvalue weighted by molar-refractivity contribution is -0.162. The fraction of sp³-hybridized carbons (Fsp3) is 0.833. The minimum Gasteiger partial charge on any atom is -0.479 e. The molecule has 0 amide bonds. The Hall–Kier alpha value is -0.610. The highest BCUT2D eigenvalue weighted by atomic mass is 16.5. The zero-order valence-corrected chi connectivity index (χ0v) is 6.29. The van der Waals surface area contributed by atoms with Gasteiger partial charge in [0, 0.05) is 7.11 Å². The third kappa shape index (κ3) is 1.97. The van der Waals surface area contributed by atoms with Crippen LogP contribution in [0.25, 0.3) is 0 Å². The van der Waals surface area contributed by atoms with Gasteiger partial charge in [-0.3, -0.25) is 0 Å². The summed E-state index contributed by atoms with van der Waals surface area (Å²) in [5.41, 5.74) is -1.02. The van der Waals surface area contributed by atoms with Crippen LogP contribution in [0.5, 0.6) is 0 Å². The summed E-state index contributed by atoms with van der Waals surface area (Å²) in [7, 11) is 1.35. The number of rotatable bonds is 3. The quantitative estimate of drug-likeness (QED) is 0.584. The molecule has 0 saturated carbocycles. The lowest BCUT2D eigenvalue weighted by Crippen LogP contribution is -2.43. The summed E-state index contributed by atoms with van der Waals surface area (Å²) in [5, 5.41) is 17.2. The van der Waals surface area contributed by atoms with Crippen molar-refractivity contribution >= 4 is 5.97 Å². The van der Waals surface area contributed by atoms with E-state index in [-0.39, 0.29) is 0 Å². The molecule has 0 bridgehead atoms. The van der Waals surface area contributed by atoms with Gasteiger partial charge in [0.15, 0.2) is 6.10 Å². The Morgan fingerprint density at radius 3 is 2.10 bits per heavy atom. The van der Waals surface area contributed by atoms with Gasteiger partial charge >= 0.3 is 5.97 Å². The number of carbonyl (C=O) groups is 1. The zero-order chi connectivity index (χ0) is 8.36. The van der Waals surface area contributed by atoms with Crippen molar-refractivity contribution in [2.24, 2.45) is 0 Å². The summed E-state index contributed by atoms with van der Waals surface area (Å²) < 4.78 is 4.73. The predicted molar refractivity (Wildman–Crippen MR) is 34.7 cm³/mol. The lowest BCUT2D eigenvalue weighted by atomic mass is 10.0. The van der Waals surface area contributed by atoms with Crippen LogP contribution < -0.4 is 0 Å². The highest BCUT2D eigenvalue weighted by Gasteiger charge is 2.33. The summed E-state index contributed by atoms with van der Waals surface area (Å²) in [6, 6.07) is 0. The molecule has 0 saturated heterocycles. The van der Waals surface area contributed by atoms with E-state index in [2.05, 4.69) is 0 Å². The zero-order valence-electron chi connectivity index (χ0n) is 6.29. The van der Waals surface area contributed by atoms with E-state index in [9.17, 15) is 4.79 Å². The van der Waals surface area contributed by atoms with Gasteiger partial charge in [-0.05, 0) is 13.8 Å². The standard InChI is InChI=1S/C6H12O4/c1-6(2,10-3)4(7)5(8)9/h4,7H,1-3H3,(H,8,9). The van der Waals surface area contributed by atoms with E-state index in [0.717, 1.165) is 0 Å². The van der Waals surface area contributed by atoms with E-state index in [1.54, 1.807) is 0 Å². The number of methoxy groups -OCH3 is 1. The summed E-state index contributed by atoms with van der Waals surface area (Å²) >= 11 is 0. The minimum absolute atomic E-state index is 1.02. The Bertz CT molecular complexity index is 130. The number of ether oxygens (including phenoxy) is 1. The van der Waals surface area contributed by atoms with Gasteiger partial charge < -0.3 is 14.9 Å². The minimum atomic E-state index is -1.47. The fourth-order valence-electron chi connectivity index (χ4n) is 0.409. The summed E-state index contributed by atoms with van der Waals surface area (Å²) in [5.74, 6) is -1.27. The van der Waals surface area contributed by atoms with Crippen molar-refractivity contribution in [2.45, 2.75) is 25.6 Å². The third-order valence-corrected chi connectivity index (χ3v) is 1.42. The average molecular weight is 148 g/mol. The molecule has 60 valence electrons. The van der Waals surface area contributed by atoms with Crippen LogP contribution in [0.15, 0.2) is 0 Å². The number of aliphatic hydroxyl groups is 1. The van der Waals surface area contributed by atoms with Crippen LogP contribution in [0.3, 0.4) is 0 Å². The van der Waals surface area contributed by atoms with E-state index in [4.69, 9.17) is 14.9 Å². The van der Waals surface area contributed by atoms with Gasteiger partial charge in [0.25, 0.3) is 0 Å². The predicted octanol–water partition coefficient (Wildman–Crippen LogP) is -0.143. The first-order valence-corrected chi connectivity index (χ1v) is 2.88. The Morgan fingerprint density at radius 2 is 2.00 bits per heavy atom. The number of aliphatic carboxylic acids is 1. The number of aliphatic hydroxyl groups excluding tert-OH is 1. The molecule has 1 unspecified atom stereocenters. The van der Waals surface area contributed by atoms with Gasteiger partial charge in [-0.15, -0.1) is 0 Å². The molecule has 0 radical (unpaired) electrons. The van der Waals surface area contributed by atoms with E-state index in [1.807, 2.05) is 0 Å². The van der Waals surface area contributed by atoms with Gasteiger partial charge in [0.05, 0.1) is 5.60 Å². The second kappa shape index (κ2) is 2.98. The van der Waals surface area contributed by atoms with Crippen LogP contribution in [0.1, 0.15) is 13.8 Å². The highest BCUT2D eigenvalue weighted by Crippen LogP contribution is 2.12. The van der Waals surface area contributed by atoms with Crippen molar-refractivity contribution in [3.05, 3.63) is 0 Å². The normalized spacial score (nSPS) is 14.8. The smallest absolute Gasteiger partial charge is 0.335 e. The maximum Gasteiger partial charge on any atom is 0.335 e. The van der Waals surface area contributed by atoms with Crippen molar-refractivity contribution in [3.63, 3.8) is 0 Å². The molecule has 0 aromatic heterocycles. The molecular formula is C6H12O4. The number of hydrogen-bond donors (Lipinski definition) is 2.